The van der Waals surface area contributed by atoms with Gasteiger partial charge >= 0.3 is 0 Å². The quantitative estimate of drug-likeness (QED) is 0.358. The average molecular weight is 503 g/mol. The fourth-order valence-electron chi connectivity index (χ4n) is 4.79. The maximum absolute atomic E-state index is 12.8. The molecule has 2 amide bonds. The van der Waals surface area contributed by atoms with Gasteiger partial charge in [0.25, 0.3) is 11.5 Å². The first-order valence-electron chi connectivity index (χ1n) is 11.2. The number of aromatic nitrogens is 2. The van der Waals surface area contributed by atoms with E-state index in [0.29, 0.717) is 32.9 Å². The Morgan fingerprint density at radius 1 is 1.12 bits per heavy atom. The van der Waals surface area contributed by atoms with E-state index in [1.165, 1.54) is 28.0 Å². The molecule has 10 heteroatoms. The molecule has 33 heavy (non-hydrogen) atoms. The molecular weight excluding hydrogens is 476 g/mol. The Kier molecular flexibility index (Phi) is 6.09. The highest BCUT2D eigenvalue weighted by molar-refractivity contribution is 7.99. The first-order valence-corrected chi connectivity index (χ1v) is 13.8. The van der Waals surface area contributed by atoms with Crippen LogP contribution in [0.15, 0.2) is 9.95 Å². The number of primary amides is 1. The van der Waals surface area contributed by atoms with Crippen molar-refractivity contribution in [3.8, 4) is 0 Å². The third kappa shape index (κ3) is 4.36. The fourth-order valence-corrected chi connectivity index (χ4v) is 8.33. The van der Waals surface area contributed by atoms with Crippen molar-refractivity contribution >= 4 is 61.5 Å². The van der Waals surface area contributed by atoms with E-state index in [9.17, 15) is 14.4 Å². The molecule has 2 unspecified atom stereocenters. The second-order valence-corrected chi connectivity index (χ2v) is 12.3. The maximum Gasteiger partial charge on any atom is 0.260 e. The molecule has 0 spiro atoms. The van der Waals surface area contributed by atoms with Crippen molar-refractivity contribution in [2.75, 3.05) is 11.1 Å². The lowest BCUT2D eigenvalue weighted by molar-refractivity contribution is -0.113. The van der Waals surface area contributed by atoms with Crippen LogP contribution < -0.4 is 16.6 Å². The molecule has 0 saturated carbocycles. The molecule has 3 heterocycles. The van der Waals surface area contributed by atoms with Crippen molar-refractivity contribution in [1.29, 1.82) is 0 Å². The Labute approximate surface area is 203 Å². The highest BCUT2D eigenvalue weighted by atomic mass is 32.2. The number of hydrogen-bond acceptors (Lipinski definition) is 7. The van der Waals surface area contributed by atoms with Gasteiger partial charge in [-0.2, -0.15) is 0 Å². The van der Waals surface area contributed by atoms with Gasteiger partial charge in [0.05, 0.1) is 16.7 Å². The predicted molar refractivity (Wildman–Crippen MR) is 135 cm³/mol. The molecule has 174 valence electrons. The number of thioether (sulfide) groups is 1. The number of hydrogen-bond donors (Lipinski definition) is 3. The van der Waals surface area contributed by atoms with Crippen LogP contribution in [0, 0.1) is 11.8 Å². The lowest BCUT2D eigenvalue weighted by atomic mass is 9.88. The Morgan fingerprint density at radius 2 is 1.79 bits per heavy atom. The van der Waals surface area contributed by atoms with E-state index in [0.717, 1.165) is 59.4 Å². The third-order valence-corrected chi connectivity index (χ3v) is 9.69. The van der Waals surface area contributed by atoms with Gasteiger partial charge < -0.3 is 16.0 Å². The lowest BCUT2D eigenvalue weighted by Gasteiger charge is -2.18. The minimum absolute atomic E-state index is 0.0771. The molecule has 5 rings (SSSR count). The highest BCUT2D eigenvalue weighted by Crippen LogP contribution is 2.40. The third-order valence-electron chi connectivity index (χ3n) is 6.49. The van der Waals surface area contributed by atoms with Gasteiger partial charge in [0.1, 0.15) is 9.83 Å². The molecule has 7 nitrogen and oxygen atoms in total. The van der Waals surface area contributed by atoms with Gasteiger partial charge in [-0.1, -0.05) is 25.6 Å². The van der Waals surface area contributed by atoms with Gasteiger partial charge in [-0.25, -0.2) is 4.98 Å². The first kappa shape index (κ1) is 22.6. The van der Waals surface area contributed by atoms with Crippen LogP contribution in [-0.4, -0.2) is 27.5 Å². The molecule has 0 aliphatic heterocycles. The van der Waals surface area contributed by atoms with E-state index in [4.69, 9.17) is 5.73 Å². The first-order chi connectivity index (χ1) is 15.8. The summed E-state index contributed by atoms with van der Waals surface area (Å²) in [6.07, 6.45) is 5.73. The smallest absolute Gasteiger partial charge is 0.260 e. The molecule has 3 aromatic rings. The van der Waals surface area contributed by atoms with E-state index < -0.39 is 5.91 Å². The van der Waals surface area contributed by atoms with Crippen LogP contribution in [0.5, 0.6) is 0 Å². The molecule has 2 aliphatic carbocycles. The van der Waals surface area contributed by atoms with Gasteiger partial charge in [-0.05, 0) is 61.5 Å². The van der Waals surface area contributed by atoms with Crippen molar-refractivity contribution in [3.05, 3.63) is 36.8 Å². The number of rotatable bonds is 5. The van der Waals surface area contributed by atoms with Gasteiger partial charge in [-0.3, -0.25) is 14.4 Å². The van der Waals surface area contributed by atoms with E-state index in [1.807, 2.05) is 0 Å². The number of nitrogens with zero attached hydrogens (tertiary/aromatic N) is 1. The number of carbonyl (C=O) groups excluding carboxylic acids is 2. The topological polar surface area (TPSA) is 118 Å². The SMILES string of the molecule is CC1CCc2c(sc(NC(=O)CSc3nc4sc5c(c4c(=O)[nH]3)CCC(C)C5)c2C(N)=O)C1. The number of thiophene rings is 2. The molecule has 2 aliphatic rings. The monoisotopic (exact) mass is 502 g/mol. The summed E-state index contributed by atoms with van der Waals surface area (Å²) in [4.78, 5) is 48.1. The summed E-state index contributed by atoms with van der Waals surface area (Å²) >= 11 is 4.23. The second kappa shape index (κ2) is 8.88. The van der Waals surface area contributed by atoms with Crippen LogP contribution in [0.3, 0.4) is 0 Å². The Bertz CT molecular complexity index is 1320. The minimum atomic E-state index is -0.502. The standard InChI is InChI=1S/C23H26N4O3S3/c1-10-3-5-12-14(7-10)32-21(17(12)19(24)29)25-16(28)9-31-23-26-20(30)18-13-6-4-11(2)8-15(13)33-22(18)27-23/h10-11H,3-9H2,1-2H3,(H2,24,29)(H,25,28)(H,26,27,30). The zero-order valence-electron chi connectivity index (χ0n) is 18.6. The zero-order valence-corrected chi connectivity index (χ0v) is 21.0. The average Bonchev–Trinajstić information content (AvgIpc) is 3.28. The summed E-state index contributed by atoms with van der Waals surface area (Å²) < 4.78 is 0. The van der Waals surface area contributed by atoms with Crippen LogP contribution in [-0.2, 0) is 30.5 Å². The van der Waals surface area contributed by atoms with Crippen molar-refractivity contribution in [2.45, 2.75) is 57.5 Å². The molecule has 0 bridgehead atoms. The summed E-state index contributed by atoms with van der Waals surface area (Å²) in [7, 11) is 0. The number of anilines is 1. The van der Waals surface area contributed by atoms with E-state index >= 15 is 0 Å². The Morgan fingerprint density at radius 3 is 2.48 bits per heavy atom. The van der Waals surface area contributed by atoms with Crippen molar-refractivity contribution in [1.82, 2.24) is 9.97 Å². The summed E-state index contributed by atoms with van der Waals surface area (Å²) in [5.41, 5.74) is 8.09. The number of amides is 2. The summed E-state index contributed by atoms with van der Waals surface area (Å²) in [5.74, 6) is 0.500. The predicted octanol–water partition coefficient (Wildman–Crippen LogP) is 4.13. The minimum Gasteiger partial charge on any atom is -0.365 e. The van der Waals surface area contributed by atoms with Crippen molar-refractivity contribution < 1.29 is 9.59 Å². The number of nitrogens with two attached hydrogens (primary N) is 1. The van der Waals surface area contributed by atoms with Crippen LogP contribution >= 0.6 is 34.4 Å². The van der Waals surface area contributed by atoms with Crippen LogP contribution in [0.25, 0.3) is 10.2 Å². The normalized spacial score (nSPS) is 19.8. The molecular formula is C23H26N4O3S3. The van der Waals surface area contributed by atoms with Crippen LogP contribution in [0.2, 0.25) is 0 Å². The lowest BCUT2D eigenvalue weighted by Crippen LogP contribution is -2.20. The van der Waals surface area contributed by atoms with E-state index in [1.54, 1.807) is 11.3 Å². The number of carbonyl (C=O) groups is 2. The summed E-state index contributed by atoms with van der Waals surface area (Å²) in [5, 5.41) is 4.55. The highest BCUT2D eigenvalue weighted by Gasteiger charge is 2.27. The second-order valence-electron chi connectivity index (χ2n) is 9.16. The molecule has 2 atom stereocenters. The molecule has 3 aromatic heterocycles. The van der Waals surface area contributed by atoms with E-state index in [2.05, 4.69) is 29.1 Å². The molecule has 0 saturated heterocycles. The zero-order chi connectivity index (χ0) is 23.3. The number of nitrogens with one attached hydrogen (secondary N) is 2. The molecule has 4 N–H and O–H groups in total. The number of fused-ring (bicyclic) bond motifs is 4. The van der Waals surface area contributed by atoms with Gasteiger partial charge in [-0.15, -0.1) is 22.7 Å². The molecule has 0 fully saturated rings. The Hall–Kier alpha value is -2.17. The summed E-state index contributed by atoms with van der Waals surface area (Å²) in [6, 6.07) is 0. The van der Waals surface area contributed by atoms with Crippen molar-refractivity contribution in [3.63, 3.8) is 0 Å². The Balaban J connectivity index is 1.32. The van der Waals surface area contributed by atoms with Gasteiger partial charge in [0, 0.05) is 9.75 Å². The molecule has 0 radical (unpaired) electrons. The van der Waals surface area contributed by atoms with Crippen molar-refractivity contribution in [2.24, 2.45) is 17.6 Å². The summed E-state index contributed by atoms with van der Waals surface area (Å²) in [6.45, 7) is 4.43. The number of aromatic amines is 1. The number of H-pyrrole nitrogens is 1. The molecule has 0 aromatic carbocycles. The number of aryl methyl sites for hydroxylation is 1. The maximum atomic E-state index is 12.8. The fraction of sp³-hybridized carbons (Fsp3) is 0.478. The van der Waals surface area contributed by atoms with E-state index in [-0.39, 0.29) is 17.2 Å². The largest absolute Gasteiger partial charge is 0.365 e. The van der Waals surface area contributed by atoms with Crippen LogP contribution in [0.1, 0.15) is 57.9 Å². The van der Waals surface area contributed by atoms with Gasteiger partial charge in [0.15, 0.2) is 5.16 Å². The van der Waals surface area contributed by atoms with Crippen LogP contribution in [0.4, 0.5) is 5.00 Å². The van der Waals surface area contributed by atoms with Gasteiger partial charge in [0.2, 0.25) is 5.91 Å².